The van der Waals surface area contributed by atoms with Gasteiger partial charge in [0.1, 0.15) is 0 Å². The minimum absolute atomic E-state index is 0.719. The summed E-state index contributed by atoms with van der Waals surface area (Å²) in [5, 5.41) is 0.720. The van der Waals surface area contributed by atoms with Crippen LogP contribution in [0.25, 0.3) is 11.0 Å². The highest BCUT2D eigenvalue weighted by Gasteiger charge is 2.07. The molecule has 0 radical (unpaired) electrons. The standard InChI is InChI=1S/C12H8BrClN2S2/c13-11-4-2-8(18-11)6-16-10-5-7(14)1-3-9(10)15-12(16)17/h1-5H,6H2,(H,15,17). The monoisotopic (exact) mass is 358 g/mol. The molecule has 0 bridgehead atoms. The first-order valence-corrected chi connectivity index (χ1v) is 7.65. The number of nitrogens with zero attached hydrogens (tertiary/aromatic N) is 1. The maximum atomic E-state index is 6.04. The number of thiophene rings is 1. The van der Waals surface area contributed by atoms with Crippen molar-refractivity contribution < 1.29 is 0 Å². The smallest absolute Gasteiger partial charge is 0.178 e. The third-order valence-electron chi connectivity index (χ3n) is 2.68. The number of rotatable bonds is 2. The molecule has 0 aliphatic carbocycles. The molecule has 1 N–H and O–H groups in total. The number of fused-ring (bicyclic) bond motifs is 1. The zero-order valence-electron chi connectivity index (χ0n) is 9.11. The van der Waals surface area contributed by atoms with E-state index in [2.05, 4.69) is 31.5 Å². The van der Waals surface area contributed by atoms with E-state index < -0.39 is 0 Å². The van der Waals surface area contributed by atoms with E-state index in [0.717, 1.165) is 31.2 Å². The van der Waals surface area contributed by atoms with Gasteiger partial charge in [-0.1, -0.05) is 11.6 Å². The maximum Gasteiger partial charge on any atom is 0.178 e. The van der Waals surface area contributed by atoms with E-state index in [0.29, 0.717) is 0 Å². The van der Waals surface area contributed by atoms with Crippen LogP contribution in [0.2, 0.25) is 5.02 Å². The van der Waals surface area contributed by atoms with E-state index in [-0.39, 0.29) is 0 Å². The third kappa shape index (κ3) is 2.28. The number of nitrogens with one attached hydrogen (secondary N) is 1. The summed E-state index contributed by atoms with van der Waals surface area (Å²) in [5.74, 6) is 0. The molecule has 0 saturated heterocycles. The Morgan fingerprint density at radius 3 is 2.89 bits per heavy atom. The maximum absolute atomic E-state index is 6.04. The van der Waals surface area contributed by atoms with Gasteiger partial charge in [0.2, 0.25) is 0 Å². The van der Waals surface area contributed by atoms with Crippen LogP contribution in [0.4, 0.5) is 0 Å². The van der Waals surface area contributed by atoms with E-state index in [4.69, 9.17) is 23.8 Å². The molecule has 0 amide bonds. The molecular weight excluding hydrogens is 352 g/mol. The highest BCUT2D eigenvalue weighted by Crippen LogP contribution is 2.25. The van der Waals surface area contributed by atoms with Gasteiger partial charge in [-0.2, -0.15) is 0 Å². The molecule has 92 valence electrons. The topological polar surface area (TPSA) is 20.7 Å². The average molecular weight is 360 g/mol. The fourth-order valence-corrected chi connectivity index (χ4v) is 3.79. The normalized spacial score (nSPS) is 11.2. The zero-order chi connectivity index (χ0) is 12.7. The highest BCUT2D eigenvalue weighted by atomic mass is 79.9. The summed E-state index contributed by atoms with van der Waals surface area (Å²) in [4.78, 5) is 4.44. The van der Waals surface area contributed by atoms with Crippen molar-refractivity contribution in [1.82, 2.24) is 9.55 Å². The fourth-order valence-electron chi connectivity index (χ4n) is 1.88. The van der Waals surface area contributed by atoms with Gasteiger partial charge in [-0.05, 0) is 58.5 Å². The SMILES string of the molecule is S=c1[nH]c2ccc(Cl)cc2n1Cc1ccc(Br)s1. The van der Waals surface area contributed by atoms with Gasteiger partial charge in [0.05, 0.1) is 21.4 Å². The van der Waals surface area contributed by atoms with Gasteiger partial charge in [0.25, 0.3) is 0 Å². The number of aromatic nitrogens is 2. The molecule has 2 heterocycles. The molecular formula is C12H8BrClN2S2. The van der Waals surface area contributed by atoms with E-state index in [9.17, 15) is 0 Å². The summed E-state index contributed by atoms with van der Waals surface area (Å²) in [5.41, 5.74) is 2.05. The van der Waals surface area contributed by atoms with Crippen LogP contribution in [0.3, 0.4) is 0 Å². The van der Waals surface area contributed by atoms with Crippen LogP contribution in [0.5, 0.6) is 0 Å². The summed E-state index contributed by atoms with van der Waals surface area (Å²) >= 11 is 16.6. The number of benzene rings is 1. The first kappa shape index (κ1) is 12.4. The number of imidazole rings is 1. The lowest BCUT2D eigenvalue weighted by Crippen LogP contribution is -1.97. The lowest BCUT2D eigenvalue weighted by atomic mass is 10.3. The Morgan fingerprint density at radius 1 is 1.33 bits per heavy atom. The molecule has 2 aromatic heterocycles. The van der Waals surface area contributed by atoms with Crippen molar-refractivity contribution in [2.45, 2.75) is 6.54 Å². The lowest BCUT2D eigenvalue weighted by molar-refractivity contribution is 0.823. The number of H-pyrrole nitrogens is 1. The van der Waals surface area contributed by atoms with Gasteiger partial charge in [-0.15, -0.1) is 11.3 Å². The Kier molecular flexibility index (Phi) is 3.32. The Morgan fingerprint density at radius 2 is 2.17 bits per heavy atom. The Hall–Kier alpha value is -0.620. The molecule has 0 saturated carbocycles. The molecule has 0 atom stereocenters. The second-order valence-electron chi connectivity index (χ2n) is 3.88. The van der Waals surface area contributed by atoms with E-state index in [1.54, 1.807) is 11.3 Å². The van der Waals surface area contributed by atoms with Crippen LogP contribution in [0.15, 0.2) is 34.1 Å². The predicted octanol–water partition coefficient (Wildman–Crippen LogP) is 5.22. The molecule has 3 aromatic rings. The van der Waals surface area contributed by atoms with Crippen molar-refractivity contribution in [3.8, 4) is 0 Å². The molecule has 0 aliphatic heterocycles. The Labute approximate surface area is 126 Å². The first-order chi connectivity index (χ1) is 8.63. The van der Waals surface area contributed by atoms with E-state index in [1.807, 2.05) is 24.3 Å². The van der Waals surface area contributed by atoms with Crippen molar-refractivity contribution in [2.75, 3.05) is 0 Å². The second kappa shape index (κ2) is 4.81. The summed E-state index contributed by atoms with van der Waals surface area (Å²) in [6.45, 7) is 0.759. The average Bonchev–Trinajstić information content (AvgIpc) is 2.86. The number of aromatic amines is 1. The van der Waals surface area contributed by atoms with E-state index in [1.165, 1.54) is 4.88 Å². The minimum atomic E-state index is 0.719. The minimum Gasteiger partial charge on any atom is -0.331 e. The second-order valence-corrected chi connectivity index (χ2v) is 7.25. The van der Waals surface area contributed by atoms with Gasteiger partial charge in [0.15, 0.2) is 4.77 Å². The molecule has 0 unspecified atom stereocenters. The highest BCUT2D eigenvalue weighted by molar-refractivity contribution is 9.11. The van der Waals surface area contributed by atoms with Gasteiger partial charge < -0.3 is 9.55 Å². The Balaban J connectivity index is 2.13. The van der Waals surface area contributed by atoms with Gasteiger partial charge in [0, 0.05) is 9.90 Å². The fraction of sp³-hybridized carbons (Fsp3) is 0.0833. The lowest BCUT2D eigenvalue weighted by Gasteiger charge is -2.02. The Bertz CT molecular complexity index is 772. The van der Waals surface area contributed by atoms with Crippen LogP contribution >= 0.6 is 51.1 Å². The molecule has 0 fully saturated rings. The predicted molar refractivity (Wildman–Crippen MR) is 83.3 cm³/mol. The van der Waals surface area contributed by atoms with Gasteiger partial charge >= 0.3 is 0 Å². The molecule has 3 rings (SSSR count). The number of hydrogen-bond donors (Lipinski definition) is 1. The molecule has 2 nitrogen and oxygen atoms in total. The molecule has 18 heavy (non-hydrogen) atoms. The van der Waals surface area contributed by atoms with Crippen LogP contribution < -0.4 is 0 Å². The van der Waals surface area contributed by atoms with Gasteiger partial charge in [-0.3, -0.25) is 0 Å². The summed E-state index contributed by atoms with van der Waals surface area (Å²) in [6, 6.07) is 9.90. The van der Waals surface area contributed by atoms with Crippen molar-refractivity contribution in [3.05, 3.63) is 48.8 Å². The largest absolute Gasteiger partial charge is 0.331 e. The van der Waals surface area contributed by atoms with Gasteiger partial charge in [-0.25, -0.2) is 0 Å². The van der Waals surface area contributed by atoms with Crippen molar-refractivity contribution in [1.29, 1.82) is 0 Å². The van der Waals surface area contributed by atoms with Crippen molar-refractivity contribution in [3.63, 3.8) is 0 Å². The summed E-state index contributed by atoms with van der Waals surface area (Å²) in [6.07, 6.45) is 0. The summed E-state index contributed by atoms with van der Waals surface area (Å²) in [7, 11) is 0. The van der Waals surface area contributed by atoms with Crippen LogP contribution in [-0.2, 0) is 6.54 Å². The van der Waals surface area contributed by atoms with Crippen molar-refractivity contribution in [2.24, 2.45) is 0 Å². The number of halogens is 2. The quantitative estimate of drug-likeness (QED) is 0.622. The molecule has 1 aromatic carbocycles. The third-order valence-corrected chi connectivity index (χ3v) is 4.85. The van der Waals surface area contributed by atoms with Crippen LogP contribution in [-0.4, -0.2) is 9.55 Å². The molecule has 6 heteroatoms. The van der Waals surface area contributed by atoms with E-state index >= 15 is 0 Å². The number of hydrogen-bond acceptors (Lipinski definition) is 2. The van der Waals surface area contributed by atoms with Crippen molar-refractivity contribution >= 4 is 62.1 Å². The summed E-state index contributed by atoms with van der Waals surface area (Å²) < 4.78 is 3.91. The van der Waals surface area contributed by atoms with Crippen LogP contribution in [0, 0.1) is 4.77 Å². The molecule has 0 aliphatic rings. The molecule has 0 spiro atoms. The first-order valence-electron chi connectivity index (χ1n) is 5.26. The zero-order valence-corrected chi connectivity index (χ0v) is 13.1. The van der Waals surface area contributed by atoms with Crippen LogP contribution in [0.1, 0.15) is 4.88 Å².